The van der Waals surface area contributed by atoms with Crippen molar-refractivity contribution < 1.29 is 4.39 Å². The molecule has 0 fully saturated rings. The summed E-state index contributed by atoms with van der Waals surface area (Å²) < 4.78 is 15.1. The molecule has 7 heteroatoms. The highest BCUT2D eigenvalue weighted by Crippen LogP contribution is 2.25. The van der Waals surface area contributed by atoms with Gasteiger partial charge in [-0.1, -0.05) is 17.7 Å². The molecule has 0 aliphatic carbocycles. The molecular weight excluding hydrogens is 293 g/mol. The van der Waals surface area contributed by atoms with Gasteiger partial charge in [0.1, 0.15) is 5.82 Å². The van der Waals surface area contributed by atoms with Crippen molar-refractivity contribution in [2.24, 2.45) is 0 Å². The third-order valence-corrected chi connectivity index (χ3v) is 3.36. The lowest BCUT2D eigenvalue weighted by atomic mass is 10.1. The second-order valence-corrected chi connectivity index (χ2v) is 5.02. The van der Waals surface area contributed by atoms with Gasteiger partial charge in [0.25, 0.3) is 0 Å². The fourth-order valence-corrected chi connectivity index (χ4v) is 2.17. The SMILES string of the molecule is Cc1ccc(Cl)cc1-n1nnnc1-c1ccc(N)c(F)c1. The summed E-state index contributed by atoms with van der Waals surface area (Å²) in [6.45, 7) is 1.92. The van der Waals surface area contributed by atoms with E-state index in [1.807, 2.05) is 13.0 Å². The first-order valence-corrected chi connectivity index (χ1v) is 6.54. The second-order valence-electron chi connectivity index (χ2n) is 4.58. The first kappa shape index (κ1) is 13.5. The molecule has 0 aliphatic rings. The molecule has 106 valence electrons. The van der Waals surface area contributed by atoms with Gasteiger partial charge in [-0.15, -0.1) is 5.10 Å². The Balaban J connectivity index is 2.17. The predicted molar refractivity (Wildman–Crippen MR) is 78.7 cm³/mol. The number of hydrogen-bond acceptors (Lipinski definition) is 4. The number of aryl methyl sites for hydroxylation is 1. The number of nitrogens with zero attached hydrogens (tertiary/aromatic N) is 4. The van der Waals surface area contributed by atoms with Crippen LogP contribution < -0.4 is 5.73 Å². The van der Waals surface area contributed by atoms with Crippen molar-refractivity contribution in [3.63, 3.8) is 0 Å². The molecule has 2 N–H and O–H groups in total. The van der Waals surface area contributed by atoms with Crippen LogP contribution in [0.2, 0.25) is 5.02 Å². The van der Waals surface area contributed by atoms with E-state index >= 15 is 0 Å². The molecule has 0 atom stereocenters. The lowest BCUT2D eigenvalue weighted by Crippen LogP contribution is -2.02. The van der Waals surface area contributed by atoms with E-state index in [2.05, 4.69) is 15.5 Å². The minimum atomic E-state index is -0.509. The first-order chi connectivity index (χ1) is 10.1. The molecule has 0 unspecified atom stereocenters. The van der Waals surface area contributed by atoms with Crippen molar-refractivity contribution in [1.29, 1.82) is 0 Å². The normalized spacial score (nSPS) is 10.8. The van der Waals surface area contributed by atoms with E-state index in [1.165, 1.54) is 16.8 Å². The molecule has 0 spiro atoms. The van der Waals surface area contributed by atoms with Crippen molar-refractivity contribution >= 4 is 17.3 Å². The number of tetrazole rings is 1. The van der Waals surface area contributed by atoms with Gasteiger partial charge < -0.3 is 5.73 Å². The molecule has 21 heavy (non-hydrogen) atoms. The van der Waals surface area contributed by atoms with Crippen LogP contribution in [-0.2, 0) is 0 Å². The van der Waals surface area contributed by atoms with Crippen LogP contribution in [0.5, 0.6) is 0 Å². The van der Waals surface area contributed by atoms with Gasteiger partial charge in [0, 0.05) is 10.6 Å². The molecule has 0 aliphatic heterocycles. The van der Waals surface area contributed by atoms with E-state index in [1.54, 1.807) is 18.2 Å². The van der Waals surface area contributed by atoms with Crippen LogP contribution in [0, 0.1) is 12.7 Å². The molecule has 3 aromatic rings. The summed E-state index contributed by atoms with van der Waals surface area (Å²) in [6, 6.07) is 9.86. The Kier molecular flexibility index (Phi) is 3.31. The van der Waals surface area contributed by atoms with Crippen LogP contribution in [-0.4, -0.2) is 20.2 Å². The maximum atomic E-state index is 13.6. The van der Waals surface area contributed by atoms with Crippen LogP contribution in [0.25, 0.3) is 17.1 Å². The number of aromatic nitrogens is 4. The number of anilines is 1. The predicted octanol–water partition coefficient (Wildman–Crippen LogP) is 3.01. The fourth-order valence-electron chi connectivity index (χ4n) is 2.01. The smallest absolute Gasteiger partial charge is 0.187 e. The zero-order chi connectivity index (χ0) is 15.0. The first-order valence-electron chi connectivity index (χ1n) is 6.16. The molecule has 5 nitrogen and oxygen atoms in total. The highest BCUT2D eigenvalue weighted by molar-refractivity contribution is 6.30. The largest absolute Gasteiger partial charge is 0.396 e. The Hall–Kier alpha value is -2.47. The summed E-state index contributed by atoms with van der Waals surface area (Å²) in [5.41, 5.74) is 7.78. The number of rotatable bonds is 2. The number of benzene rings is 2. The van der Waals surface area contributed by atoms with Crippen LogP contribution in [0.15, 0.2) is 36.4 Å². The van der Waals surface area contributed by atoms with E-state index < -0.39 is 5.82 Å². The Morgan fingerprint density at radius 3 is 2.76 bits per heavy atom. The van der Waals surface area contributed by atoms with Gasteiger partial charge in [0.15, 0.2) is 5.82 Å². The summed E-state index contributed by atoms with van der Waals surface area (Å²) in [5, 5.41) is 12.1. The van der Waals surface area contributed by atoms with Crippen LogP contribution in [0.4, 0.5) is 10.1 Å². The number of nitrogen functional groups attached to an aromatic ring is 1. The van der Waals surface area contributed by atoms with E-state index in [-0.39, 0.29) is 5.69 Å². The van der Waals surface area contributed by atoms with Gasteiger partial charge in [0.05, 0.1) is 11.4 Å². The molecule has 1 heterocycles. The average Bonchev–Trinajstić information content (AvgIpc) is 2.93. The van der Waals surface area contributed by atoms with E-state index in [0.717, 1.165) is 11.3 Å². The molecule has 0 saturated carbocycles. The maximum absolute atomic E-state index is 13.6. The molecular formula is C14H11ClFN5. The summed E-state index contributed by atoms with van der Waals surface area (Å²) >= 11 is 6.02. The molecule has 0 radical (unpaired) electrons. The molecule has 0 saturated heterocycles. The molecule has 3 rings (SSSR count). The van der Waals surface area contributed by atoms with Gasteiger partial charge in [0.2, 0.25) is 0 Å². The molecule has 0 amide bonds. The van der Waals surface area contributed by atoms with Crippen molar-refractivity contribution in [3.8, 4) is 17.1 Å². The minimum Gasteiger partial charge on any atom is -0.396 e. The van der Waals surface area contributed by atoms with Gasteiger partial charge in [-0.25, -0.2) is 4.39 Å². The standard InChI is InChI=1S/C14H11ClFN5/c1-8-2-4-10(15)7-13(8)21-14(18-19-20-21)9-3-5-12(17)11(16)6-9/h2-7H,17H2,1H3. The maximum Gasteiger partial charge on any atom is 0.187 e. The number of nitrogens with two attached hydrogens (primary N) is 1. The van der Waals surface area contributed by atoms with Gasteiger partial charge in [-0.05, 0) is 53.2 Å². The van der Waals surface area contributed by atoms with E-state index in [0.29, 0.717) is 16.4 Å². The van der Waals surface area contributed by atoms with Crippen molar-refractivity contribution in [2.75, 3.05) is 5.73 Å². The van der Waals surface area contributed by atoms with Crippen LogP contribution in [0.1, 0.15) is 5.56 Å². The Labute approximate surface area is 125 Å². The third-order valence-electron chi connectivity index (χ3n) is 3.13. The summed E-state index contributed by atoms with van der Waals surface area (Å²) in [6.07, 6.45) is 0. The second kappa shape index (κ2) is 5.14. The Bertz CT molecular complexity index is 815. The van der Waals surface area contributed by atoms with Crippen molar-refractivity contribution in [3.05, 3.63) is 52.8 Å². The van der Waals surface area contributed by atoms with Crippen molar-refractivity contribution in [1.82, 2.24) is 20.2 Å². The van der Waals surface area contributed by atoms with E-state index in [4.69, 9.17) is 17.3 Å². The lowest BCUT2D eigenvalue weighted by molar-refractivity contribution is 0.632. The topological polar surface area (TPSA) is 69.6 Å². The fraction of sp³-hybridized carbons (Fsp3) is 0.0714. The van der Waals surface area contributed by atoms with Gasteiger partial charge in [-0.2, -0.15) is 4.68 Å². The summed E-state index contributed by atoms with van der Waals surface area (Å²) in [5.74, 6) is -0.0934. The molecule has 2 aromatic carbocycles. The summed E-state index contributed by atoms with van der Waals surface area (Å²) in [7, 11) is 0. The minimum absolute atomic E-state index is 0.0803. The zero-order valence-electron chi connectivity index (χ0n) is 11.1. The van der Waals surface area contributed by atoms with Crippen molar-refractivity contribution in [2.45, 2.75) is 6.92 Å². The number of hydrogen-bond donors (Lipinski definition) is 1. The van der Waals surface area contributed by atoms with Gasteiger partial charge >= 0.3 is 0 Å². The highest BCUT2D eigenvalue weighted by atomic mass is 35.5. The quantitative estimate of drug-likeness (QED) is 0.739. The van der Waals surface area contributed by atoms with Crippen LogP contribution >= 0.6 is 11.6 Å². The zero-order valence-corrected chi connectivity index (χ0v) is 11.8. The number of halogens is 2. The molecule has 0 bridgehead atoms. The highest BCUT2D eigenvalue weighted by Gasteiger charge is 2.14. The third kappa shape index (κ3) is 2.45. The Morgan fingerprint density at radius 2 is 2.00 bits per heavy atom. The lowest BCUT2D eigenvalue weighted by Gasteiger charge is -2.08. The van der Waals surface area contributed by atoms with E-state index in [9.17, 15) is 4.39 Å². The average molecular weight is 304 g/mol. The van der Waals surface area contributed by atoms with Crippen LogP contribution in [0.3, 0.4) is 0 Å². The van der Waals surface area contributed by atoms with Gasteiger partial charge in [-0.3, -0.25) is 0 Å². The monoisotopic (exact) mass is 303 g/mol. The summed E-state index contributed by atoms with van der Waals surface area (Å²) in [4.78, 5) is 0. The Morgan fingerprint density at radius 1 is 1.19 bits per heavy atom. The molecule has 1 aromatic heterocycles.